The lowest BCUT2D eigenvalue weighted by Gasteiger charge is -2.08. The molecule has 0 saturated carbocycles. The first kappa shape index (κ1) is 13.8. The normalized spacial score (nSPS) is 9.85. The number of nitrogens with zero attached hydrogens (tertiary/aromatic N) is 1. The van der Waals surface area contributed by atoms with Crippen LogP contribution < -0.4 is 10.6 Å². The van der Waals surface area contributed by atoms with Crippen LogP contribution >= 0.6 is 11.6 Å². The highest BCUT2D eigenvalue weighted by Gasteiger charge is 2.14. The van der Waals surface area contributed by atoms with Gasteiger partial charge in [-0.15, -0.1) is 0 Å². The topological polar surface area (TPSA) is 84.3 Å². The number of halogens is 1. The van der Waals surface area contributed by atoms with Crippen molar-refractivity contribution in [2.24, 2.45) is 0 Å². The number of anilines is 2. The van der Waals surface area contributed by atoms with Crippen LogP contribution in [0, 0.1) is 10.1 Å². The Balaban J connectivity index is 2.11. The van der Waals surface area contributed by atoms with Gasteiger partial charge in [0, 0.05) is 16.8 Å². The predicted octanol–water partition coefficient (Wildman–Crippen LogP) is 3.89. The predicted molar refractivity (Wildman–Crippen MR) is 77.2 cm³/mol. The lowest BCUT2D eigenvalue weighted by atomic mass is 10.2. The first-order chi connectivity index (χ1) is 9.56. The fourth-order valence-corrected chi connectivity index (χ4v) is 1.78. The Morgan fingerprint density at radius 2 is 1.85 bits per heavy atom. The van der Waals surface area contributed by atoms with Crippen LogP contribution in [0.4, 0.5) is 21.9 Å². The smallest absolute Gasteiger partial charge is 0.308 e. The molecule has 2 aromatic rings. The van der Waals surface area contributed by atoms with Gasteiger partial charge in [-0.1, -0.05) is 29.8 Å². The highest BCUT2D eigenvalue weighted by molar-refractivity contribution is 6.30. The summed E-state index contributed by atoms with van der Waals surface area (Å²) in [4.78, 5) is 22.0. The second-order valence-electron chi connectivity index (χ2n) is 3.86. The third-order valence-corrected chi connectivity index (χ3v) is 2.67. The Hall–Kier alpha value is -2.60. The maximum atomic E-state index is 11.8. The van der Waals surface area contributed by atoms with Crippen LogP contribution in [0.25, 0.3) is 0 Å². The van der Waals surface area contributed by atoms with Crippen molar-refractivity contribution < 1.29 is 9.72 Å². The molecule has 2 amide bonds. The zero-order valence-electron chi connectivity index (χ0n) is 10.2. The third-order valence-electron chi connectivity index (χ3n) is 2.43. The van der Waals surface area contributed by atoms with E-state index in [2.05, 4.69) is 10.6 Å². The van der Waals surface area contributed by atoms with Crippen LogP contribution in [0.3, 0.4) is 0 Å². The molecular weight excluding hydrogens is 282 g/mol. The van der Waals surface area contributed by atoms with Crippen molar-refractivity contribution in [3.8, 4) is 0 Å². The zero-order valence-corrected chi connectivity index (χ0v) is 10.9. The molecule has 102 valence electrons. The van der Waals surface area contributed by atoms with Gasteiger partial charge < -0.3 is 10.6 Å². The van der Waals surface area contributed by atoms with Gasteiger partial charge in [0.1, 0.15) is 5.69 Å². The van der Waals surface area contributed by atoms with E-state index in [9.17, 15) is 14.9 Å². The van der Waals surface area contributed by atoms with E-state index in [4.69, 9.17) is 11.6 Å². The number of urea groups is 1. The van der Waals surface area contributed by atoms with Gasteiger partial charge in [-0.2, -0.15) is 0 Å². The number of carbonyl (C=O) groups excluding carboxylic acids is 1. The largest absolute Gasteiger partial charge is 0.323 e. The second kappa shape index (κ2) is 6.03. The molecule has 7 heteroatoms. The minimum absolute atomic E-state index is 0.122. The molecule has 0 radical (unpaired) electrons. The molecular formula is C13H10ClN3O3. The molecule has 2 N–H and O–H groups in total. The Bertz CT molecular complexity index is 661. The van der Waals surface area contributed by atoms with E-state index in [0.717, 1.165) is 0 Å². The monoisotopic (exact) mass is 291 g/mol. The molecule has 20 heavy (non-hydrogen) atoms. The highest BCUT2D eigenvalue weighted by Crippen LogP contribution is 2.23. The number of nitro benzene ring substituents is 1. The number of para-hydroxylation sites is 2. The standard InChI is InChI=1S/C13H10ClN3O3/c14-9-4-3-5-10(8-9)15-13(18)16-11-6-1-2-7-12(11)17(19)20/h1-8H,(H2,15,16,18). The van der Waals surface area contributed by atoms with Crippen LogP contribution in [0.15, 0.2) is 48.5 Å². The Labute approximate surface area is 119 Å². The van der Waals surface area contributed by atoms with Crippen molar-refractivity contribution >= 4 is 34.7 Å². The number of benzene rings is 2. The summed E-state index contributed by atoms with van der Waals surface area (Å²) in [6, 6.07) is 11.9. The van der Waals surface area contributed by atoms with E-state index < -0.39 is 11.0 Å². The van der Waals surface area contributed by atoms with E-state index >= 15 is 0 Å². The quantitative estimate of drug-likeness (QED) is 0.664. The number of carbonyl (C=O) groups is 1. The summed E-state index contributed by atoms with van der Waals surface area (Å²) < 4.78 is 0. The molecule has 0 aliphatic carbocycles. The number of hydrogen-bond donors (Lipinski definition) is 2. The highest BCUT2D eigenvalue weighted by atomic mass is 35.5. The van der Waals surface area contributed by atoms with Gasteiger partial charge in [0.15, 0.2) is 0 Å². The summed E-state index contributed by atoms with van der Waals surface area (Å²) in [6.45, 7) is 0. The van der Waals surface area contributed by atoms with Gasteiger partial charge in [-0.25, -0.2) is 4.79 Å². The number of nitrogens with one attached hydrogen (secondary N) is 2. The van der Waals surface area contributed by atoms with E-state index in [1.54, 1.807) is 30.3 Å². The van der Waals surface area contributed by atoms with Crippen molar-refractivity contribution in [2.45, 2.75) is 0 Å². The molecule has 2 aromatic carbocycles. The molecule has 0 unspecified atom stereocenters. The zero-order chi connectivity index (χ0) is 14.5. The summed E-state index contributed by atoms with van der Waals surface area (Å²) in [7, 11) is 0. The molecule has 0 saturated heterocycles. The molecule has 0 aliphatic heterocycles. The number of rotatable bonds is 3. The molecule has 0 aromatic heterocycles. The molecule has 0 atom stereocenters. The molecule has 0 bridgehead atoms. The van der Waals surface area contributed by atoms with Gasteiger partial charge in [0.05, 0.1) is 4.92 Å². The lowest BCUT2D eigenvalue weighted by Crippen LogP contribution is -2.20. The summed E-state index contributed by atoms with van der Waals surface area (Å²) in [6.07, 6.45) is 0. The number of amides is 2. The maximum Gasteiger partial charge on any atom is 0.323 e. The van der Waals surface area contributed by atoms with Crippen LogP contribution in [-0.2, 0) is 0 Å². The Morgan fingerprint density at radius 1 is 1.10 bits per heavy atom. The van der Waals surface area contributed by atoms with Crippen LogP contribution in [0.1, 0.15) is 0 Å². The molecule has 0 fully saturated rings. The number of nitro groups is 1. The van der Waals surface area contributed by atoms with Crippen molar-refractivity contribution in [2.75, 3.05) is 10.6 Å². The average molecular weight is 292 g/mol. The first-order valence-electron chi connectivity index (χ1n) is 5.63. The van der Waals surface area contributed by atoms with Gasteiger partial charge >= 0.3 is 6.03 Å². The minimum Gasteiger partial charge on any atom is -0.308 e. The van der Waals surface area contributed by atoms with E-state index in [1.807, 2.05) is 0 Å². The molecule has 0 heterocycles. The fraction of sp³-hybridized carbons (Fsp3) is 0. The molecule has 0 spiro atoms. The van der Waals surface area contributed by atoms with Gasteiger partial charge in [0.2, 0.25) is 0 Å². The Kier molecular flexibility index (Phi) is 4.17. The third kappa shape index (κ3) is 3.46. The van der Waals surface area contributed by atoms with Crippen LogP contribution in [0.5, 0.6) is 0 Å². The SMILES string of the molecule is O=C(Nc1cccc(Cl)c1)Nc1ccccc1[N+](=O)[O-]. The summed E-state index contributed by atoms with van der Waals surface area (Å²) in [5.41, 5.74) is 0.444. The summed E-state index contributed by atoms with van der Waals surface area (Å²) >= 11 is 5.79. The number of hydrogen-bond acceptors (Lipinski definition) is 3. The van der Waals surface area contributed by atoms with Crippen LogP contribution in [0.2, 0.25) is 5.02 Å². The second-order valence-corrected chi connectivity index (χ2v) is 4.30. The summed E-state index contributed by atoms with van der Waals surface area (Å²) in [5.74, 6) is 0. The van der Waals surface area contributed by atoms with Crippen molar-refractivity contribution in [1.82, 2.24) is 0 Å². The van der Waals surface area contributed by atoms with Crippen molar-refractivity contribution in [3.05, 3.63) is 63.7 Å². The average Bonchev–Trinajstić information content (AvgIpc) is 2.38. The van der Waals surface area contributed by atoms with E-state index in [1.165, 1.54) is 18.2 Å². The Morgan fingerprint density at radius 3 is 2.55 bits per heavy atom. The lowest BCUT2D eigenvalue weighted by molar-refractivity contribution is -0.383. The van der Waals surface area contributed by atoms with E-state index in [-0.39, 0.29) is 11.4 Å². The van der Waals surface area contributed by atoms with E-state index in [0.29, 0.717) is 10.7 Å². The molecule has 6 nitrogen and oxygen atoms in total. The van der Waals surface area contributed by atoms with Gasteiger partial charge in [0.25, 0.3) is 5.69 Å². The minimum atomic E-state index is -0.582. The molecule has 2 rings (SSSR count). The summed E-state index contributed by atoms with van der Waals surface area (Å²) in [5, 5.41) is 16.3. The molecule has 0 aliphatic rings. The maximum absolute atomic E-state index is 11.8. The van der Waals surface area contributed by atoms with Gasteiger partial charge in [-0.05, 0) is 24.3 Å². The fourth-order valence-electron chi connectivity index (χ4n) is 1.59. The van der Waals surface area contributed by atoms with Gasteiger partial charge in [-0.3, -0.25) is 10.1 Å². The van der Waals surface area contributed by atoms with Crippen LogP contribution in [-0.4, -0.2) is 11.0 Å². The van der Waals surface area contributed by atoms with Crippen molar-refractivity contribution in [1.29, 1.82) is 0 Å². The first-order valence-corrected chi connectivity index (χ1v) is 6.01. The van der Waals surface area contributed by atoms with Crippen molar-refractivity contribution in [3.63, 3.8) is 0 Å².